The normalized spacial score (nSPS) is 10.9. The van der Waals surface area contributed by atoms with Gasteiger partial charge in [0.1, 0.15) is 24.7 Å². The second kappa shape index (κ2) is 9.99. The summed E-state index contributed by atoms with van der Waals surface area (Å²) in [5, 5.41) is 0. The van der Waals surface area contributed by atoms with E-state index < -0.39 is 22.5 Å². The summed E-state index contributed by atoms with van der Waals surface area (Å²) in [7, 11) is -1.31. The Hall–Kier alpha value is -3.52. The maximum absolute atomic E-state index is 13.2. The first-order valence-electron chi connectivity index (χ1n) is 9.44. The Morgan fingerprint density at radius 1 is 0.839 bits per heavy atom. The van der Waals surface area contributed by atoms with Gasteiger partial charge in [0.2, 0.25) is 0 Å². The maximum Gasteiger partial charge on any atom is 0.326 e. The van der Waals surface area contributed by atoms with Crippen LogP contribution >= 0.6 is 0 Å². The third-order valence-corrected chi connectivity index (χ3v) is 6.31. The summed E-state index contributed by atoms with van der Waals surface area (Å²) in [6, 6.07) is 22.1. The lowest BCUT2D eigenvalue weighted by molar-refractivity contribution is -0.138. The number of sulfonamides is 1. The predicted octanol–water partition coefficient (Wildman–Crippen LogP) is 3.64. The van der Waals surface area contributed by atoms with Crippen LogP contribution in [0.15, 0.2) is 83.8 Å². The highest BCUT2D eigenvalue weighted by Gasteiger charge is 2.27. The second-order valence-corrected chi connectivity index (χ2v) is 8.39. The molecule has 31 heavy (non-hydrogen) atoms. The molecule has 0 aromatic heterocycles. The Balaban J connectivity index is 1.84. The van der Waals surface area contributed by atoms with Gasteiger partial charge in [0.15, 0.2) is 0 Å². The standard InChI is InChI=1S/C23H23NO6S/c1-28-20-12-14-22(15-13-20)31(26,27)24(16-23(25)29-2)19-8-10-21(11-9-19)30-17-18-6-4-3-5-7-18/h3-15H,16-17H2,1-2H3. The van der Waals surface area contributed by atoms with Crippen molar-refractivity contribution < 1.29 is 27.4 Å². The van der Waals surface area contributed by atoms with E-state index in [0.29, 0.717) is 23.8 Å². The molecule has 162 valence electrons. The van der Waals surface area contributed by atoms with Crippen molar-refractivity contribution in [2.24, 2.45) is 0 Å². The molecule has 0 spiro atoms. The Bertz CT molecular complexity index is 1100. The number of ether oxygens (including phenoxy) is 3. The molecule has 7 nitrogen and oxygen atoms in total. The number of carbonyl (C=O) groups is 1. The first-order valence-corrected chi connectivity index (χ1v) is 10.9. The lowest BCUT2D eigenvalue weighted by atomic mass is 10.2. The van der Waals surface area contributed by atoms with Gasteiger partial charge in [-0.2, -0.15) is 0 Å². The molecule has 0 N–H and O–H groups in total. The lowest BCUT2D eigenvalue weighted by Crippen LogP contribution is -2.36. The first kappa shape index (κ1) is 22.2. The Kier molecular flexibility index (Phi) is 7.15. The molecular weight excluding hydrogens is 418 g/mol. The zero-order chi connectivity index (χ0) is 22.3. The number of hydrogen-bond donors (Lipinski definition) is 0. The van der Waals surface area contributed by atoms with E-state index in [4.69, 9.17) is 14.2 Å². The van der Waals surface area contributed by atoms with E-state index in [2.05, 4.69) is 0 Å². The zero-order valence-electron chi connectivity index (χ0n) is 17.2. The highest BCUT2D eigenvalue weighted by molar-refractivity contribution is 7.92. The Morgan fingerprint density at radius 2 is 1.45 bits per heavy atom. The van der Waals surface area contributed by atoms with Crippen molar-refractivity contribution in [2.45, 2.75) is 11.5 Å². The summed E-state index contributed by atoms with van der Waals surface area (Å²) < 4.78 is 43.0. The SMILES string of the molecule is COC(=O)CN(c1ccc(OCc2ccccc2)cc1)S(=O)(=O)c1ccc(OC)cc1. The fraction of sp³-hybridized carbons (Fsp3) is 0.174. The van der Waals surface area contributed by atoms with Crippen LogP contribution in [0.25, 0.3) is 0 Å². The molecule has 0 saturated heterocycles. The minimum atomic E-state index is -4.02. The number of esters is 1. The Morgan fingerprint density at radius 3 is 2.03 bits per heavy atom. The molecule has 3 rings (SSSR count). The van der Waals surface area contributed by atoms with Crippen molar-refractivity contribution in [3.63, 3.8) is 0 Å². The minimum absolute atomic E-state index is 0.0293. The van der Waals surface area contributed by atoms with Gasteiger partial charge in [0.25, 0.3) is 10.0 Å². The molecule has 0 heterocycles. The average molecular weight is 442 g/mol. The van der Waals surface area contributed by atoms with E-state index in [0.717, 1.165) is 9.87 Å². The van der Waals surface area contributed by atoms with Gasteiger partial charge in [0, 0.05) is 0 Å². The highest BCUT2D eigenvalue weighted by atomic mass is 32.2. The zero-order valence-corrected chi connectivity index (χ0v) is 18.0. The van der Waals surface area contributed by atoms with Gasteiger partial charge in [-0.1, -0.05) is 30.3 Å². The number of carbonyl (C=O) groups excluding carboxylic acids is 1. The lowest BCUT2D eigenvalue weighted by Gasteiger charge is -2.23. The summed E-state index contributed by atoms with van der Waals surface area (Å²) in [4.78, 5) is 12.0. The number of nitrogens with zero attached hydrogens (tertiary/aromatic N) is 1. The molecule has 0 radical (unpaired) electrons. The van der Waals surface area contributed by atoms with Gasteiger partial charge in [-0.25, -0.2) is 8.42 Å². The first-order chi connectivity index (χ1) is 14.9. The molecule has 0 aliphatic carbocycles. The number of rotatable bonds is 9. The van der Waals surface area contributed by atoms with Crippen LogP contribution in [0.5, 0.6) is 11.5 Å². The third-order valence-electron chi connectivity index (χ3n) is 4.52. The van der Waals surface area contributed by atoms with E-state index in [1.165, 1.54) is 26.4 Å². The van der Waals surface area contributed by atoms with Gasteiger partial charge in [-0.05, 0) is 54.1 Å². The van der Waals surface area contributed by atoms with E-state index >= 15 is 0 Å². The molecule has 3 aromatic carbocycles. The molecule has 0 fully saturated rings. The summed E-state index contributed by atoms with van der Waals surface area (Å²) in [6.45, 7) is -0.0781. The number of methoxy groups -OCH3 is 2. The van der Waals surface area contributed by atoms with Crippen molar-refractivity contribution in [3.05, 3.63) is 84.4 Å². The van der Waals surface area contributed by atoms with Gasteiger partial charge in [-0.3, -0.25) is 9.10 Å². The minimum Gasteiger partial charge on any atom is -0.497 e. The molecule has 0 bridgehead atoms. The molecule has 0 amide bonds. The number of hydrogen-bond acceptors (Lipinski definition) is 6. The van der Waals surface area contributed by atoms with Crippen LogP contribution in [0.3, 0.4) is 0 Å². The molecule has 0 saturated carbocycles. The van der Waals surface area contributed by atoms with Crippen LogP contribution in [0.1, 0.15) is 5.56 Å². The fourth-order valence-electron chi connectivity index (χ4n) is 2.82. The molecule has 0 unspecified atom stereocenters. The highest BCUT2D eigenvalue weighted by Crippen LogP contribution is 2.27. The molecule has 3 aromatic rings. The van der Waals surface area contributed by atoms with E-state index in [-0.39, 0.29) is 4.90 Å². The molecule has 0 aliphatic rings. The van der Waals surface area contributed by atoms with Crippen LogP contribution < -0.4 is 13.8 Å². The molecule has 0 aliphatic heterocycles. The van der Waals surface area contributed by atoms with E-state index in [1.54, 1.807) is 36.4 Å². The Labute approximate surface area is 181 Å². The summed E-state index contributed by atoms with van der Waals surface area (Å²) in [5.41, 5.74) is 1.33. The van der Waals surface area contributed by atoms with Gasteiger partial charge < -0.3 is 14.2 Å². The van der Waals surface area contributed by atoms with Crippen LogP contribution in [-0.4, -0.2) is 35.2 Å². The second-order valence-electron chi connectivity index (χ2n) is 6.53. The summed E-state index contributed by atoms with van der Waals surface area (Å²) in [6.07, 6.45) is 0. The molecule has 8 heteroatoms. The number of anilines is 1. The summed E-state index contributed by atoms with van der Waals surface area (Å²) in [5.74, 6) is 0.423. The van der Waals surface area contributed by atoms with Gasteiger partial charge in [-0.15, -0.1) is 0 Å². The van der Waals surface area contributed by atoms with Crippen molar-refractivity contribution in [2.75, 3.05) is 25.1 Å². The van der Waals surface area contributed by atoms with E-state index in [9.17, 15) is 13.2 Å². The quantitative estimate of drug-likeness (QED) is 0.472. The van der Waals surface area contributed by atoms with Crippen LogP contribution in [-0.2, 0) is 26.2 Å². The van der Waals surface area contributed by atoms with E-state index in [1.807, 2.05) is 30.3 Å². The van der Waals surface area contributed by atoms with Gasteiger partial charge in [0.05, 0.1) is 24.8 Å². The van der Waals surface area contributed by atoms with Crippen molar-refractivity contribution in [3.8, 4) is 11.5 Å². The van der Waals surface area contributed by atoms with Crippen molar-refractivity contribution in [1.29, 1.82) is 0 Å². The fourth-order valence-corrected chi connectivity index (χ4v) is 4.23. The van der Waals surface area contributed by atoms with Crippen molar-refractivity contribution in [1.82, 2.24) is 0 Å². The predicted molar refractivity (Wildman–Crippen MR) is 117 cm³/mol. The largest absolute Gasteiger partial charge is 0.497 e. The molecule has 0 atom stereocenters. The topological polar surface area (TPSA) is 82.1 Å². The monoisotopic (exact) mass is 441 g/mol. The maximum atomic E-state index is 13.2. The smallest absolute Gasteiger partial charge is 0.326 e. The van der Waals surface area contributed by atoms with Crippen molar-refractivity contribution >= 4 is 21.7 Å². The average Bonchev–Trinajstić information content (AvgIpc) is 2.82. The van der Waals surface area contributed by atoms with Crippen LogP contribution in [0, 0.1) is 0 Å². The van der Waals surface area contributed by atoms with Gasteiger partial charge >= 0.3 is 5.97 Å². The third kappa shape index (κ3) is 5.55. The summed E-state index contributed by atoms with van der Waals surface area (Å²) >= 11 is 0. The van der Waals surface area contributed by atoms with Crippen LogP contribution in [0.2, 0.25) is 0 Å². The number of benzene rings is 3. The molecular formula is C23H23NO6S. The van der Waals surface area contributed by atoms with Crippen LogP contribution in [0.4, 0.5) is 5.69 Å².